The fourth-order valence-corrected chi connectivity index (χ4v) is 2.10. The lowest BCUT2D eigenvalue weighted by atomic mass is 10.0. The number of hydrogen-bond donors (Lipinski definition) is 1. The molecule has 2 heterocycles. The van der Waals surface area contributed by atoms with Crippen molar-refractivity contribution in [1.82, 2.24) is 14.5 Å². The van der Waals surface area contributed by atoms with Crippen LogP contribution in [0.3, 0.4) is 0 Å². The first-order chi connectivity index (χ1) is 7.22. The molecular weight excluding hydrogens is 188 g/mol. The van der Waals surface area contributed by atoms with Gasteiger partial charge in [-0.1, -0.05) is 6.92 Å². The summed E-state index contributed by atoms with van der Waals surface area (Å²) in [6, 6.07) is 0.542. The van der Waals surface area contributed by atoms with Crippen LogP contribution in [0.5, 0.6) is 0 Å². The van der Waals surface area contributed by atoms with E-state index >= 15 is 0 Å². The molecule has 2 N–H and O–H groups in total. The molecule has 2 rings (SSSR count). The summed E-state index contributed by atoms with van der Waals surface area (Å²) in [6.07, 6.45) is 3.94. The van der Waals surface area contributed by atoms with Gasteiger partial charge in [-0.05, 0) is 19.4 Å². The van der Waals surface area contributed by atoms with Crippen molar-refractivity contribution in [1.29, 1.82) is 0 Å². The summed E-state index contributed by atoms with van der Waals surface area (Å²) in [5.74, 6) is 1.73. The van der Waals surface area contributed by atoms with Gasteiger partial charge in [0.2, 0.25) is 0 Å². The van der Waals surface area contributed by atoms with Crippen LogP contribution in [-0.2, 0) is 13.1 Å². The van der Waals surface area contributed by atoms with E-state index in [-0.39, 0.29) is 0 Å². The van der Waals surface area contributed by atoms with Gasteiger partial charge in [-0.2, -0.15) is 0 Å². The van der Waals surface area contributed by atoms with Gasteiger partial charge >= 0.3 is 0 Å². The van der Waals surface area contributed by atoms with Crippen LogP contribution in [0, 0.1) is 5.92 Å². The Kier molecular flexibility index (Phi) is 3.07. The first-order valence-electron chi connectivity index (χ1n) is 5.66. The lowest BCUT2D eigenvalue weighted by molar-refractivity contribution is 0.127. The van der Waals surface area contributed by atoms with E-state index in [1.165, 1.54) is 5.82 Å². The Morgan fingerprint density at radius 3 is 3.00 bits per heavy atom. The molecule has 0 saturated heterocycles. The molecule has 1 aromatic rings. The summed E-state index contributed by atoms with van der Waals surface area (Å²) in [7, 11) is 0. The Balaban J connectivity index is 2.03. The van der Waals surface area contributed by atoms with Gasteiger partial charge in [-0.15, -0.1) is 0 Å². The first-order valence-corrected chi connectivity index (χ1v) is 5.66. The molecule has 0 aromatic carbocycles. The molecule has 15 heavy (non-hydrogen) atoms. The maximum Gasteiger partial charge on any atom is 0.122 e. The summed E-state index contributed by atoms with van der Waals surface area (Å²) in [6.45, 7) is 8.35. The van der Waals surface area contributed by atoms with Gasteiger partial charge in [0.05, 0.1) is 6.54 Å². The summed E-state index contributed by atoms with van der Waals surface area (Å²) in [4.78, 5) is 6.84. The highest BCUT2D eigenvalue weighted by Crippen LogP contribution is 2.17. The molecule has 0 aliphatic carbocycles. The lowest BCUT2D eigenvalue weighted by Gasteiger charge is -2.35. The van der Waals surface area contributed by atoms with Crippen LogP contribution in [0.25, 0.3) is 0 Å². The molecule has 1 aliphatic rings. The van der Waals surface area contributed by atoms with Gasteiger partial charge in [0, 0.05) is 31.5 Å². The molecule has 0 spiro atoms. The number of nitrogens with zero attached hydrogens (tertiary/aromatic N) is 3. The molecule has 2 atom stereocenters. The Morgan fingerprint density at radius 1 is 1.47 bits per heavy atom. The highest BCUT2D eigenvalue weighted by Gasteiger charge is 2.23. The van der Waals surface area contributed by atoms with E-state index in [0.717, 1.165) is 26.2 Å². The number of imidazole rings is 1. The fraction of sp³-hybridized carbons (Fsp3) is 0.727. The minimum absolute atomic E-state index is 0.542. The van der Waals surface area contributed by atoms with E-state index in [0.29, 0.717) is 12.0 Å². The zero-order valence-electron chi connectivity index (χ0n) is 9.56. The smallest absolute Gasteiger partial charge is 0.122 e. The Bertz CT molecular complexity index is 320. The van der Waals surface area contributed by atoms with Gasteiger partial charge in [-0.3, -0.25) is 4.90 Å². The van der Waals surface area contributed by atoms with Crippen LogP contribution in [0.1, 0.15) is 19.7 Å². The first kappa shape index (κ1) is 10.6. The van der Waals surface area contributed by atoms with Crippen molar-refractivity contribution in [3.05, 3.63) is 18.2 Å². The van der Waals surface area contributed by atoms with Crippen LogP contribution >= 0.6 is 0 Å². The summed E-state index contributed by atoms with van der Waals surface area (Å²) >= 11 is 0. The maximum absolute atomic E-state index is 5.71. The second kappa shape index (κ2) is 4.33. The standard InChI is InChI=1S/C11H20N4/c1-9(7-12)10(2)15-6-5-14-4-3-13-11(14)8-15/h3-4,9-10H,5-8,12H2,1-2H3. The normalized spacial score (nSPS) is 21.0. The molecule has 4 heteroatoms. The van der Waals surface area contributed by atoms with Crippen molar-refractivity contribution in [2.24, 2.45) is 11.7 Å². The Morgan fingerprint density at radius 2 is 2.27 bits per heavy atom. The van der Waals surface area contributed by atoms with Crippen LogP contribution in [-0.4, -0.2) is 33.6 Å². The summed E-state index contributed by atoms with van der Waals surface area (Å²) in [5, 5.41) is 0. The molecule has 0 fully saturated rings. The van der Waals surface area contributed by atoms with Gasteiger partial charge in [0.1, 0.15) is 5.82 Å². The van der Waals surface area contributed by atoms with E-state index in [1.54, 1.807) is 0 Å². The van der Waals surface area contributed by atoms with Crippen LogP contribution in [0.2, 0.25) is 0 Å². The molecule has 0 saturated carbocycles. The van der Waals surface area contributed by atoms with Crippen molar-refractivity contribution in [2.75, 3.05) is 13.1 Å². The van der Waals surface area contributed by atoms with Crippen molar-refractivity contribution in [3.63, 3.8) is 0 Å². The topological polar surface area (TPSA) is 47.1 Å². The quantitative estimate of drug-likeness (QED) is 0.794. The number of fused-ring (bicyclic) bond motifs is 1. The average molecular weight is 208 g/mol. The number of nitrogens with two attached hydrogens (primary N) is 1. The fourth-order valence-electron chi connectivity index (χ4n) is 2.10. The van der Waals surface area contributed by atoms with Crippen molar-refractivity contribution in [2.45, 2.75) is 33.0 Å². The van der Waals surface area contributed by atoms with Crippen molar-refractivity contribution < 1.29 is 0 Å². The highest BCUT2D eigenvalue weighted by atomic mass is 15.2. The second-order valence-corrected chi connectivity index (χ2v) is 4.46. The Labute approximate surface area is 91.1 Å². The monoisotopic (exact) mass is 208 g/mol. The van der Waals surface area contributed by atoms with Crippen LogP contribution in [0.4, 0.5) is 0 Å². The van der Waals surface area contributed by atoms with E-state index in [1.807, 2.05) is 6.20 Å². The minimum atomic E-state index is 0.542. The third-order valence-electron chi connectivity index (χ3n) is 3.55. The predicted molar refractivity (Wildman–Crippen MR) is 60.3 cm³/mol. The highest BCUT2D eigenvalue weighted by molar-refractivity contribution is 4.96. The van der Waals surface area contributed by atoms with Gasteiger partial charge < -0.3 is 10.3 Å². The van der Waals surface area contributed by atoms with E-state index in [4.69, 9.17) is 5.73 Å². The molecule has 0 amide bonds. The Hall–Kier alpha value is -0.870. The number of aromatic nitrogens is 2. The summed E-state index contributed by atoms with van der Waals surface area (Å²) in [5.41, 5.74) is 5.71. The predicted octanol–water partition coefficient (Wildman–Crippen LogP) is 0.682. The lowest BCUT2D eigenvalue weighted by Crippen LogP contribution is -2.44. The molecule has 2 unspecified atom stereocenters. The average Bonchev–Trinajstić information content (AvgIpc) is 2.73. The minimum Gasteiger partial charge on any atom is -0.333 e. The van der Waals surface area contributed by atoms with Crippen molar-refractivity contribution in [3.8, 4) is 0 Å². The van der Waals surface area contributed by atoms with E-state index < -0.39 is 0 Å². The third kappa shape index (κ3) is 2.06. The molecule has 0 bridgehead atoms. The maximum atomic E-state index is 5.71. The van der Waals surface area contributed by atoms with Gasteiger partial charge in [0.15, 0.2) is 0 Å². The SMILES string of the molecule is CC(CN)C(C)N1CCn2ccnc2C1. The summed E-state index contributed by atoms with van der Waals surface area (Å²) < 4.78 is 2.23. The van der Waals surface area contributed by atoms with Gasteiger partial charge in [-0.25, -0.2) is 4.98 Å². The third-order valence-corrected chi connectivity index (χ3v) is 3.55. The second-order valence-electron chi connectivity index (χ2n) is 4.46. The zero-order valence-corrected chi connectivity index (χ0v) is 9.56. The van der Waals surface area contributed by atoms with E-state index in [9.17, 15) is 0 Å². The molecule has 4 nitrogen and oxygen atoms in total. The van der Waals surface area contributed by atoms with Crippen LogP contribution in [0.15, 0.2) is 12.4 Å². The number of rotatable bonds is 3. The van der Waals surface area contributed by atoms with Crippen molar-refractivity contribution >= 4 is 0 Å². The molecule has 1 aliphatic heterocycles. The largest absolute Gasteiger partial charge is 0.333 e. The zero-order chi connectivity index (χ0) is 10.8. The van der Waals surface area contributed by atoms with E-state index in [2.05, 4.69) is 34.5 Å². The van der Waals surface area contributed by atoms with Gasteiger partial charge in [0.25, 0.3) is 0 Å². The molecular formula is C11H20N4. The molecule has 0 radical (unpaired) electrons. The molecule has 84 valence electrons. The number of hydrogen-bond acceptors (Lipinski definition) is 3. The van der Waals surface area contributed by atoms with Crippen LogP contribution < -0.4 is 5.73 Å². The molecule has 1 aromatic heterocycles.